The Morgan fingerprint density at radius 1 is 1.24 bits per heavy atom. The van der Waals surface area contributed by atoms with Gasteiger partial charge >= 0.3 is 0 Å². The maximum Gasteiger partial charge on any atom is 0.131 e. The van der Waals surface area contributed by atoms with Crippen LogP contribution in [0.1, 0.15) is 45.1 Å². The molecule has 0 radical (unpaired) electrons. The van der Waals surface area contributed by atoms with E-state index < -0.39 is 0 Å². The van der Waals surface area contributed by atoms with E-state index in [0.717, 1.165) is 37.4 Å². The predicted molar refractivity (Wildman–Crippen MR) is 72.2 cm³/mol. The second-order valence-corrected chi connectivity index (χ2v) is 4.20. The standard InChI is InChI=1S/C14H24N2O/c1-3-5-6-11-17-12-13-8-7-10-16-14(13)15-9-4-2/h7-8,10H,3-6,9,11-12H2,1-2H3,(H,15,16). The van der Waals surface area contributed by atoms with E-state index in [1.54, 1.807) is 0 Å². The molecule has 96 valence electrons. The molecule has 0 saturated carbocycles. The molecule has 1 rings (SSSR count). The molecule has 0 aliphatic rings. The lowest BCUT2D eigenvalue weighted by molar-refractivity contribution is 0.117. The van der Waals surface area contributed by atoms with E-state index in [1.165, 1.54) is 12.8 Å². The monoisotopic (exact) mass is 236 g/mol. The van der Waals surface area contributed by atoms with Crippen molar-refractivity contribution in [2.45, 2.75) is 46.1 Å². The first-order chi connectivity index (χ1) is 8.38. The highest BCUT2D eigenvalue weighted by Gasteiger charge is 2.02. The van der Waals surface area contributed by atoms with Gasteiger partial charge in [0.2, 0.25) is 0 Å². The Morgan fingerprint density at radius 2 is 2.12 bits per heavy atom. The molecule has 0 saturated heterocycles. The summed E-state index contributed by atoms with van der Waals surface area (Å²) < 4.78 is 5.66. The van der Waals surface area contributed by atoms with Crippen molar-refractivity contribution in [2.24, 2.45) is 0 Å². The topological polar surface area (TPSA) is 34.1 Å². The number of nitrogens with one attached hydrogen (secondary N) is 1. The molecule has 0 aliphatic carbocycles. The predicted octanol–water partition coefficient (Wildman–Crippen LogP) is 3.61. The van der Waals surface area contributed by atoms with Gasteiger partial charge in [-0.3, -0.25) is 0 Å². The molecular formula is C14H24N2O. The van der Waals surface area contributed by atoms with Gasteiger partial charge in [-0.1, -0.05) is 32.8 Å². The van der Waals surface area contributed by atoms with Crippen LogP contribution >= 0.6 is 0 Å². The molecule has 3 heteroatoms. The lowest BCUT2D eigenvalue weighted by Gasteiger charge is -2.10. The SMILES string of the molecule is CCCCCOCc1cccnc1NCCC. The molecular weight excluding hydrogens is 212 g/mol. The molecule has 0 bridgehead atoms. The third-order valence-electron chi connectivity index (χ3n) is 2.58. The van der Waals surface area contributed by atoms with Gasteiger partial charge < -0.3 is 10.1 Å². The van der Waals surface area contributed by atoms with Crippen LogP contribution in [0.25, 0.3) is 0 Å². The van der Waals surface area contributed by atoms with Crippen molar-refractivity contribution in [1.82, 2.24) is 4.98 Å². The van der Waals surface area contributed by atoms with E-state index >= 15 is 0 Å². The lowest BCUT2D eigenvalue weighted by Crippen LogP contribution is -2.06. The highest BCUT2D eigenvalue weighted by atomic mass is 16.5. The minimum atomic E-state index is 0.656. The second-order valence-electron chi connectivity index (χ2n) is 4.20. The van der Waals surface area contributed by atoms with Crippen molar-refractivity contribution in [3.63, 3.8) is 0 Å². The summed E-state index contributed by atoms with van der Waals surface area (Å²) in [5.74, 6) is 0.963. The van der Waals surface area contributed by atoms with Gasteiger partial charge in [0.25, 0.3) is 0 Å². The first kappa shape index (κ1) is 14.0. The Labute approximate surface area is 105 Å². The van der Waals surface area contributed by atoms with E-state index in [4.69, 9.17) is 4.74 Å². The zero-order chi connectivity index (χ0) is 12.3. The number of ether oxygens (including phenoxy) is 1. The van der Waals surface area contributed by atoms with E-state index in [2.05, 4.69) is 30.2 Å². The number of hydrogen-bond acceptors (Lipinski definition) is 3. The van der Waals surface area contributed by atoms with E-state index in [-0.39, 0.29) is 0 Å². The van der Waals surface area contributed by atoms with Gasteiger partial charge in [-0.25, -0.2) is 4.98 Å². The van der Waals surface area contributed by atoms with E-state index in [1.807, 2.05) is 12.3 Å². The molecule has 1 heterocycles. The van der Waals surface area contributed by atoms with Gasteiger partial charge in [0.1, 0.15) is 5.82 Å². The third kappa shape index (κ3) is 5.68. The van der Waals surface area contributed by atoms with Gasteiger partial charge in [0, 0.05) is 24.9 Å². The van der Waals surface area contributed by atoms with Crippen molar-refractivity contribution in [3.05, 3.63) is 23.9 Å². The molecule has 1 N–H and O–H groups in total. The average Bonchev–Trinajstić information content (AvgIpc) is 2.37. The molecule has 17 heavy (non-hydrogen) atoms. The van der Waals surface area contributed by atoms with Crippen molar-refractivity contribution >= 4 is 5.82 Å². The van der Waals surface area contributed by atoms with Crippen LogP contribution < -0.4 is 5.32 Å². The molecule has 0 fully saturated rings. The zero-order valence-electron chi connectivity index (χ0n) is 11.0. The molecule has 0 atom stereocenters. The minimum absolute atomic E-state index is 0.656. The van der Waals surface area contributed by atoms with Crippen LogP contribution in [-0.4, -0.2) is 18.1 Å². The van der Waals surface area contributed by atoms with Crippen LogP contribution in [0.5, 0.6) is 0 Å². The Morgan fingerprint density at radius 3 is 2.88 bits per heavy atom. The molecule has 0 unspecified atom stereocenters. The Bertz CT molecular complexity index is 302. The number of aromatic nitrogens is 1. The van der Waals surface area contributed by atoms with Gasteiger partial charge in [-0.15, -0.1) is 0 Å². The normalized spacial score (nSPS) is 10.5. The van der Waals surface area contributed by atoms with Gasteiger partial charge in [0.15, 0.2) is 0 Å². The quantitative estimate of drug-likeness (QED) is 0.665. The Kier molecular flexibility index (Phi) is 7.39. The van der Waals surface area contributed by atoms with E-state index in [0.29, 0.717) is 6.61 Å². The van der Waals surface area contributed by atoms with Crippen LogP contribution in [-0.2, 0) is 11.3 Å². The molecule has 3 nitrogen and oxygen atoms in total. The number of hydrogen-bond donors (Lipinski definition) is 1. The fourth-order valence-corrected chi connectivity index (χ4v) is 1.59. The minimum Gasteiger partial charge on any atom is -0.377 e. The third-order valence-corrected chi connectivity index (χ3v) is 2.58. The first-order valence-corrected chi connectivity index (χ1v) is 6.64. The fourth-order valence-electron chi connectivity index (χ4n) is 1.59. The number of unbranched alkanes of at least 4 members (excludes halogenated alkanes) is 2. The first-order valence-electron chi connectivity index (χ1n) is 6.64. The fraction of sp³-hybridized carbons (Fsp3) is 0.643. The maximum atomic E-state index is 5.66. The Hall–Kier alpha value is -1.09. The molecule has 1 aromatic heterocycles. The van der Waals surface area contributed by atoms with Crippen molar-refractivity contribution < 1.29 is 4.74 Å². The van der Waals surface area contributed by atoms with Gasteiger partial charge in [0.05, 0.1) is 6.61 Å². The summed E-state index contributed by atoms with van der Waals surface area (Å²) in [6, 6.07) is 4.03. The van der Waals surface area contributed by atoms with Crippen molar-refractivity contribution in [3.8, 4) is 0 Å². The highest BCUT2D eigenvalue weighted by molar-refractivity contribution is 5.43. The van der Waals surface area contributed by atoms with Crippen LogP contribution in [0.15, 0.2) is 18.3 Å². The molecule has 1 aromatic rings. The van der Waals surface area contributed by atoms with Crippen molar-refractivity contribution in [1.29, 1.82) is 0 Å². The zero-order valence-corrected chi connectivity index (χ0v) is 11.0. The number of anilines is 1. The number of nitrogens with zero attached hydrogens (tertiary/aromatic N) is 1. The van der Waals surface area contributed by atoms with Crippen molar-refractivity contribution in [2.75, 3.05) is 18.5 Å². The second kappa shape index (κ2) is 8.99. The lowest BCUT2D eigenvalue weighted by atomic mass is 10.2. The molecule has 0 aliphatic heterocycles. The summed E-state index contributed by atoms with van der Waals surface area (Å²) in [5, 5.41) is 3.32. The summed E-state index contributed by atoms with van der Waals surface area (Å²) in [4.78, 5) is 4.34. The molecule has 0 spiro atoms. The smallest absolute Gasteiger partial charge is 0.131 e. The van der Waals surface area contributed by atoms with Crippen LogP contribution in [0.2, 0.25) is 0 Å². The summed E-state index contributed by atoms with van der Waals surface area (Å²) in [7, 11) is 0. The van der Waals surface area contributed by atoms with Crippen LogP contribution in [0.4, 0.5) is 5.82 Å². The summed E-state index contributed by atoms with van der Waals surface area (Å²) >= 11 is 0. The average molecular weight is 236 g/mol. The number of pyridine rings is 1. The summed E-state index contributed by atoms with van der Waals surface area (Å²) in [6.07, 6.45) is 6.55. The summed E-state index contributed by atoms with van der Waals surface area (Å²) in [5.41, 5.74) is 1.15. The van der Waals surface area contributed by atoms with Gasteiger partial charge in [-0.05, 0) is 18.9 Å². The van der Waals surface area contributed by atoms with E-state index in [9.17, 15) is 0 Å². The molecule has 0 aromatic carbocycles. The maximum absolute atomic E-state index is 5.66. The molecule has 0 amide bonds. The summed E-state index contributed by atoms with van der Waals surface area (Å²) in [6.45, 7) is 6.81. The van der Waals surface area contributed by atoms with Crippen LogP contribution in [0, 0.1) is 0 Å². The highest BCUT2D eigenvalue weighted by Crippen LogP contribution is 2.12. The van der Waals surface area contributed by atoms with Crippen LogP contribution in [0.3, 0.4) is 0 Å². The Balaban J connectivity index is 2.35. The largest absolute Gasteiger partial charge is 0.377 e. The van der Waals surface area contributed by atoms with Gasteiger partial charge in [-0.2, -0.15) is 0 Å². The number of rotatable bonds is 9.